The highest BCUT2D eigenvalue weighted by Gasteiger charge is 2.25. The van der Waals surface area contributed by atoms with E-state index < -0.39 is 29.5 Å². The molecule has 1 saturated carbocycles. The standard InChI is InChI=1S/C13H15BrF2N2O2/c14-7-5-8(15)12(9(16)6-7)18-13(20)17-10-3-1-2-4-11(10)19/h5-6,10-11,19H,1-4H2,(H2,17,18,20). The molecule has 0 spiro atoms. The highest BCUT2D eigenvalue weighted by Crippen LogP contribution is 2.24. The number of hydrogen-bond acceptors (Lipinski definition) is 2. The zero-order chi connectivity index (χ0) is 14.7. The van der Waals surface area contributed by atoms with Gasteiger partial charge in [-0.3, -0.25) is 0 Å². The van der Waals surface area contributed by atoms with Crippen molar-refractivity contribution in [3.63, 3.8) is 0 Å². The zero-order valence-corrected chi connectivity index (χ0v) is 12.2. The molecule has 2 unspecified atom stereocenters. The van der Waals surface area contributed by atoms with Gasteiger partial charge in [-0.1, -0.05) is 28.8 Å². The number of anilines is 1. The number of urea groups is 1. The first-order valence-electron chi connectivity index (χ1n) is 6.37. The Balaban J connectivity index is 2.01. The van der Waals surface area contributed by atoms with Gasteiger partial charge in [0.2, 0.25) is 0 Å². The maximum Gasteiger partial charge on any atom is 0.319 e. The summed E-state index contributed by atoms with van der Waals surface area (Å²) in [5.74, 6) is -1.73. The Kier molecular flexibility index (Phi) is 4.93. The van der Waals surface area contributed by atoms with Crippen LogP contribution in [0.3, 0.4) is 0 Å². The third-order valence-electron chi connectivity index (χ3n) is 3.29. The van der Waals surface area contributed by atoms with E-state index >= 15 is 0 Å². The first kappa shape index (κ1) is 15.2. The molecule has 0 aliphatic heterocycles. The van der Waals surface area contributed by atoms with Crippen LogP contribution in [0.15, 0.2) is 16.6 Å². The second-order valence-electron chi connectivity index (χ2n) is 4.80. The van der Waals surface area contributed by atoms with E-state index in [1.54, 1.807) is 0 Å². The molecule has 2 amide bonds. The summed E-state index contributed by atoms with van der Waals surface area (Å²) in [5.41, 5.74) is -0.504. The minimum Gasteiger partial charge on any atom is -0.391 e. The van der Waals surface area contributed by atoms with E-state index in [1.807, 2.05) is 0 Å². The van der Waals surface area contributed by atoms with Crippen molar-refractivity contribution < 1.29 is 18.7 Å². The van der Waals surface area contributed by atoms with Crippen LogP contribution in [-0.4, -0.2) is 23.3 Å². The van der Waals surface area contributed by atoms with Crippen LogP contribution in [0.5, 0.6) is 0 Å². The molecular weight excluding hydrogens is 334 g/mol. The second-order valence-corrected chi connectivity index (χ2v) is 5.72. The molecule has 2 rings (SSSR count). The van der Waals surface area contributed by atoms with Gasteiger partial charge in [-0.15, -0.1) is 0 Å². The van der Waals surface area contributed by atoms with E-state index in [2.05, 4.69) is 26.6 Å². The van der Waals surface area contributed by atoms with Crippen LogP contribution in [0.25, 0.3) is 0 Å². The topological polar surface area (TPSA) is 61.4 Å². The predicted molar refractivity (Wildman–Crippen MR) is 74.5 cm³/mol. The predicted octanol–water partition coefficient (Wildman–Crippen LogP) is 3.15. The van der Waals surface area contributed by atoms with Crippen LogP contribution in [0.4, 0.5) is 19.3 Å². The normalized spacial score (nSPS) is 22.4. The van der Waals surface area contributed by atoms with E-state index in [4.69, 9.17) is 0 Å². The van der Waals surface area contributed by atoms with Crippen molar-refractivity contribution >= 4 is 27.6 Å². The van der Waals surface area contributed by atoms with Crippen LogP contribution < -0.4 is 10.6 Å². The number of benzene rings is 1. The first-order valence-corrected chi connectivity index (χ1v) is 7.17. The van der Waals surface area contributed by atoms with Gasteiger partial charge in [-0.2, -0.15) is 0 Å². The van der Waals surface area contributed by atoms with E-state index in [0.29, 0.717) is 12.8 Å². The van der Waals surface area contributed by atoms with Gasteiger partial charge in [-0.05, 0) is 25.0 Å². The highest BCUT2D eigenvalue weighted by atomic mass is 79.9. The Morgan fingerprint density at radius 3 is 2.45 bits per heavy atom. The van der Waals surface area contributed by atoms with Gasteiger partial charge in [0.1, 0.15) is 5.69 Å². The van der Waals surface area contributed by atoms with Crippen molar-refractivity contribution in [3.8, 4) is 0 Å². The molecule has 4 nitrogen and oxygen atoms in total. The molecule has 0 heterocycles. The summed E-state index contributed by atoms with van der Waals surface area (Å²) in [6.07, 6.45) is 2.47. The summed E-state index contributed by atoms with van der Waals surface area (Å²) in [6.45, 7) is 0. The summed E-state index contributed by atoms with van der Waals surface area (Å²) in [5, 5.41) is 14.4. The molecule has 0 radical (unpaired) electrons. The molecule has 7 heteroatoms. The minimum absolute atomic E-state index is 0.251. The van der Waals surface area contributed by atoms with Crippen molar-refractivity contribution in [2.75, 3.05) is 5.32 Å². The molecule has 20 heavy (non-hydrogen) atoms. The molecule has 0 bridgehead atoms. The van der Waals surface area contributed by atoms with Gasteiger partial charge in [0.25, 0.3) is 0 Å². The smallest absolute Gasteiger partial charge is 0.319 e. The van der Waals surface area contributed by atoms with Crippen molar-refractivity contribution in [1.29, 1.82) is 0 Å². The zero-order valence-electron chi connectivity index (χ0n) is 10.6. The van der Waals surface area contributed by atoms with Gasteiger partial charge in [0.05, 0.1) is 12.1 Å². The van der Waals surface area contributed by atoms with Crippen molar-refractivity contribution in [2.24, 2.45) is 0 Å². The summed E-state index contributed by atoms with van der Waals surface area (Å²) in [4.78, 5) is 11.7. The second kappa shape index (κ2) is 6.49. The van der Waals surface area contributed by atoms with Gasteiger partial charge >= 0.3 is 6.03 Å². The molecule has 0 aromatic heterocycles. The Hall–Kier alpha value is -1.21. The number of carbonyl (C=O) groups excluding carboxylic acids is 1. The number of aliphatic hydroxyl groups is 1. The van der Waals surface area contributed by atoms with Crippen molar-refractivity contribution in [1.82, 2.24) is 5.32 Å². The van der Waals surface area contributed by atoms with E-state index in [9.17, 15) is 18.7 Å². The Labute approximate surface area is 123 Å². The summed E-state index contributed by atoms with van der Waals surface area (Å²) in [6, 6.07) is 1.02. The lowest BCUT2D eigenvalue weighted by Crippen LogP contribution is -2.46. The van der Waals surface area contributed by atoms with E-state index in [0.717, 1.165) is 25.0 Å². The van der Waals surface area contributed by atoms with Crippen LogP contribution in [0, 0.1) is 11.6 Å². The summed E-state index contributed by atoms with van der Waals surface area (Å²) < 4.78 is 27.4. The van der Waals surface area contributed by atoms with Crippen LogP contribution in [0.1, 0.15) is 25.7 Å². The fourth-order valence-corrected chi connectivity index (χ4v) is 2.66. The molecule has 0 saturated heterocycles. The quantitative estimate of drug-likeness (QED) is 0.768. The fourth-order valence-electron chi connectivity index (χ4n) is 2.26. The molecular formula is C13H15BrF2N2O2. The van der Waals surface area contributed by atoms with E-state index in [1.165, 1.54) is 0 Å². The lowest BCUT2D eigenvalue weighted by molar-refractivity contribution is 0.0955. The summed E-state index contributed by atoms with van der Waals surface area (Å²) >= 11 is 2.96. The Morgan fingerprint density at radius 2 is 1.85 bits per heavy atom. The van der Waals surface area contributed by atoms with Crippen molar-refractivity contribution in [3.05, 3.63) is 28.2 Å². The number of rotatable bonds is 2. The number of carbonyl (C=O) groups is 1. The maximum atomic E-state index is 13.6. The molecule has 1 aliphatic rings. The fraction of sp³-hybridized carbons (Fsp3) is 0.462. The number of halogens is 3. The molecule has 1 aromatic carbocycles. The van der Waals surface area contributed by atoms with Crippen LogP contribution in [0.2, 0.25) is 0 Å². The molecule has 110 valence electrons. The number of nitrogens with one attached hydrogen (secondary N) is 2. The van der Waals surface area contributed by atoms with Gasteiger partial charge < -0.3 is 15.7 Å². The third-order valence-corrected chi connectivity index (χ3v) is 3.75. The lowest BCUT2D eigenvalue weighted by atomic mass is 9.93. The molecule has 3 N–H and O–H groups in total. The lowest BCUT2D eigenvalue weighted by Gasteiger charge is -2.28. The highest BCUT2D eigenvalue weighted by molar-refractivity contribution is 9.10. The van der Waals surface area contributed by atoms with Crippen LogP contribution in [-0.2, 0) is 0 Å². The minimum atomic E-state index is -0.865. The van der Waals surface area contributed by atoms with Gasteiger partial charge in [0.15, 0.2) is 11.6 Å². The van der Waals surface area contributed by atoms with E-state index in [-0.39, 0.29) is 10.5 Å². The van der Waals surface area contributed by atoms with Crippen LogP contribution >= 0.6 is 15.9 Å². The van der Waals surface area contributed by atoms with Gasteiger partial charge in [0, 0.05) is 4.47 Å². The molecule has 1 aromatic rings. The summed E-state index contributed by atoms with van der Waals surface area (Å²) in [7, 11) is 0. The monoisotopic (exact) mass is 348 g/mol. The van der Waals surface area contributed by atoms with Gasteiger partial charge in [-0.25, -0.2) is 13.6 Å². The number of amides is 2. The Bertz CT molecular complexity index is 490. The van der Waals surface area contributed by atoms with Crippen molar-refractivity contribution in [2.45, 2.75) is 37.8 Å². The molecule has 2 atom stereocenters. The SMILES string of the molecule is O=C(Nc1c(F)cc(Br)cc1F)NC1CCCCC1O. The Morgan fingerprint density at radius 1 is 1.25 bits per heavy atom. The number of aliphatic hydroxyl groups excluding tert-OH is 1. The third kappa shape index (κ3) is 3.67. The first-order chi connectivity index (χ1) is 9.47. The molecule has 1 aliphatic carbocycles. The largest absolute Gasteiger partial charge is 0.391 e. The average Bonchev–Trinajstić information content (AvgIpc) is 2.36. The number of hydrogen-bond donors (Lipinski definition) is 3. The maximum absolute atomic E-state index is 13.6. The molecule has 1 fully saturated rings. The average molecular weight is 349 g/mol.